The van der Waals surface area contributed by atoms with Gasteiger partial charge in [-0.25, -0.2) is 0 Å². The van der Waals surface area contributed by atoms with Gasteiger partial charge in [0.15, 0.2) is 12.0 Å². The van der Waals surface area contributed by atoms with Crippen molar-refractivity contribution in [2.75, 3.05) is 0 Å². The summed E-state index contributed by atoms with van der Waals surface area (Å²) in [5.41, 5.74) is -2.05. The van der Waals surface area contributed by atoms with E-state index in [0.717, 1.165) is 6.20 Å². The smallest absolute Gasteiger partial charge is 0.435 e. The fraction of sp³-hybridized carbons (Fsp3) is 0.286. The van der Waals surface area contributed by atoms with Gasteiger partial charge in [0, 0.05) is 6.20 Å². The number of carbonyl (C=O) groups is 2. The molecule has 82 valence electrons. The molecule has 1 rings (SSSR count). The van der Waals surface area contributed by atoms with E-state index < -0.39 is 29.9 Å². The van der Waals surface area contributed by atoms with Crippen LogP contribution in [0.4, 0.5) is 13.2 Å². The molecule has 0 saturated heterocycles. The zero-order valence-corrected chi connectivity index (χ0v) is 7.15. The Bertz CT molecular complexity index is 397. The van der Waals surface area contributed by atoms with Crippen LogP contribution in [0.15, 0.2) is 6.20 Å². The first kappa shape index (κ1) is 11.2. The Morgan fingerprint density at radius 2 is 2.20 bits per heavy atom. The van der Waals surface area contributed by atoms with Gasteiger partial charge in [-0.1, -0.05) is 0 Å². The number of aliphatic carboxylic acids is 1. The molecule has 15 heavy (non-hydrogen) atoms. The summed E-state index contributed by atoms with van der Waals surface area (Å²) >= 11 is 0. The predicted octanol–water partition coefficient (Wildman–Crippen LogP) is 0.799. The molecule has 0 aliphatic carbocycles. The number of carbonyl (C=O) groups excluding carboxylic acids is 1. The molecule has 0 atom stereocenters. The van der Waals surface area contributed by atoms with Gasteiger partial charge in [-0.2, -0.15) is 18.3 Å². The fourth-order valence-electron chi connectivity index (χ4n) is 0.963. The van der Waals surface area contributed by atoms with E-state index in [2.05, 4.69) is 5.10 Å². The molecule has 0 aromatic carbocycles. The molecule has 0 aliphatic heterocycles. The molecule has 0 radical (unpaired) electrons. The zero-order valence-electron chi connectivity index (χ0n) is 7.15. The summed E-state index contributed by atoms with van der Waals surface area (Å²) in [5, 5.41) is 11.3. The van der Waals surface area contributed by atoms with Crippen molar-refractivity contribution >= 4 is 12.3 Å². The van der Waals surface area contributed by atoms with E-state index in [1.807, 2.05) is 0 Å². The first-order valence-corrected chi connectivity index (χ1v) is 3.66. The van der Waals surface area contributed by atoms with Crippen molar-refractivity contribution in [2.45, 2.75) is 12.7 Å². The van der Waals surface area contributed by atoms with Gasteiger partial charge >= 0.3 is 12.1 Å². The fourth-order valence-corrected chi connectivity index (χ4v) is 0.963. The Hall–Kier alpha value is -1.86. The maximum Gasteiger partial charge on any atom is 0.435 e. The second kappa shape index (κ2) is 3.71. The van der Waals surface area contributed by atoms with Crippen LogP contribution in [0.25, 0.3) is 0 Å². The number of carboxylic acids is 1. The minimum atomic E-state index is -4.76. The minimum Gasteiger partial charge on any atom is -0.480 e. The molecule has 5 nitrogen and oxygen atoms in total. The molecule has 0 saturated carbocycles. The van der Waals surface area contributed by atoms with Gasteiger partial charge in [-0.05, 0) is 0 Å². The Labute approximate surface area is 81.1 Å². The number of aromatic nitrogens is 2. The van der Waals surface area contributed by atoms with E-state index in [-0.39, 0.29) is 6.29 Å². The molecule has 8 heteroatoms. The topological polar surface area (TPSA) is 72.2 Å². The molecular weight excluding hydrogens is 217 g/mol. The first-order valence-electron chi connectivity index (χ1n) is 3.66. The maximum absolute atomic E-state index is 12.2. The van der Waals surface area contributed by atoms with Crippen molar-refractivity contribution in [3.63, 3.8) is 0 Å². The number of rotatable bonds is 3. The molecule has 0 aliphatic rings. The third-order valence-electron chi connectivity index (χ3n) is 1.48. The predicted molar refractivity (Wildman–Crippen MR) is 40.3 cm³/mol. The van der Waals surface area contributed by atoms with E-state index in [0.29, 0.717) is 4.68 Å². The highest BCUT2D eigenvalue weighted by molar-refractivity contribution is 5.76. The first-order chi connectivity index (χ1) is 6.84. The average Bonchev–Trinajstić information content (AvgIpc) is 2.45. The summed E-state index contributed by atoms with van der Waals surface area (Å²) in [4.78, 5) is 20.5. The molecule has 0 spiro atoms. The largest absolute Gasteiger partial charge is 0.480 e. The average molecular weight is 222 g/mol. The van der Waals surface area contributed by atoms with Crippen LogP contribution in [0.2, 0.25) is 0 Å². The van der Waals surface area contributed by atoms with Crippen LogP contribution < -0.4 is 0 Å². The molecule has 1 aromatic rings. The van der Waals surface area contributed by atoms with Crippen LogP contribution in [0.1, 0.15) is 16.1 Å². The van der Waals surface area contributed by atoms with Crippen LogP contribution in [0.3, 0.4) is 0 Å². The highest BCUT2D eigenvalue weighted by atomic mass is 19.4. The van der Waals surface area contributed by atoms with Crippen LogP contribution in [0.5, 0.6) is 0 Å². The second-order valence-electron chi connectivity index (χ2n) is 2.64. The Morgan fingerprint density at radius 1 is 1.60 bits per heavy atom. The van der Waals surface area contributed by atoms with E-state index >= 15 is 0 Å². The summed E-state index contributed by atoms with van der Waals surface area (Å²) in [6.07, 6.45) is -4.04. The molecule has 1 heterocycles. The van der Waals surface area contributed by atoms with Crippen LogP contribution in [-0.2, 0) is 17.5 Å². The van der Waals surface area contributed by atoms with Gasteiger partial charge in [0.1, 0.15) is 6.54 Å². The Morgan fingerprint density at radius 3 is 2.53 bits per heavy atom. The van der Waals surface area contributed by atoms with Crippen molar-refractivity contribution in [1.82, 2.24) is 9.78 Å². The second-order valence-corrected chi connectivity index (χ2v) is 2.64. The Kier molecular flexibility index (Phi) is 2.78. The van der Waals surface area contributed by atoms with Crippen molar-refractivity contribution < 1.29 is 27.9 Å². The van der Waals surface area contributed by atoms with Crippen LogP contribution in [0, 0.1) is 0 Å². The lowest BCUT2D eigenvalue weighted by Crippen LogP contribution is -2.12. The van der Waals surface area contributed by atoms with Gasteiger partial charge in [-0.15, -0.1) is 0 Å². The molecule has 0 bridgehead atoms. The number of aldehydes is 1. The molecular formula is C7H5F3N2O3. The number of carboxylic acid groups (broad SMARTS) is 1. The van der Waals surface area contributed by atoms with E-state index in [1.165, 1.54) is 0 Å². The summed E-state index contributed by atoms with van der Waals surface area (Å²) < 4.78 is 37.2. The summed E-state index contributed by atoms with van der Waals surface area (Å²) in [7, 11) is 0. The number of alkyl halides is 3. The van der Waals surface area contributed by atoms with E-state index in [9.17, 15) is 22.8 Å². The summed E-state index contributed by atoms with van der Waals surface area (Å²) in [5.74, 6) is -1.34. The maximum atomic E-state index is 12.2. The van der Waals surface area contributed by atoms with E-state index in [4.69, 9.17) is 5.11 Å². The van der Waals surface area contributed by atoms with Gasteiger partial charge in [0.25, 0.3) is 0 Å². The molecule has 0 unspecified atom stereocenters. The third-order valence-corrected chi connectivity index (χ3v) is 1.48. The number of halogens is 3. The van der Waals surface area contributed by atoms with Crippen molar-refractivity contribution in [2.24, 2.45) is 0 Å². The third kappa shape index (κ3) is 2.55. The molecule has 0 fully saturated rings. The van der Waals surface area contributed by atoms with Crippen molar-refractivity contribution in [3.05, 3.63) is 17.5 Å². The van der Waals surface area contributed by atoms with E-state index in [1.54, 1.807) is 0 Å². The number of hydrogen-bond donors (Lipinski definition) is 1. The highest BCUT2D eigenvalue weighted by Gasteiger charge is 2.37. The van der Waals surface area contributed by atoms with Gasteiger partial charge < -0.3 is 5.11 Å². The standard InChI is InChI=1S/C7H5F3N2O3/c8-7(9,10)6-4(3-13)1-12(11-6)2-5(14)15/h1,3H,2H2,(H,14,15). The van der Waals surface area contributed by atoms with Crippen LogP contribution >= 0.6 is 0 Å². The lowest BCUT2D eigenvalue weighted by molar-refractivity contribution is -0.143. The normalized spacial score (nSPS) is 11.4. The van der Waals surface area contributed by atoms with Crippen LogP contribution in [-0.4, -0.2) is 27.1 Å². The molecule has 1 N–H and O–H groups in total. The lowest BCUT2D eigenvalue weighted by Gasteiger charge is -2.01. The zero-order chi connectivity index (χ0) is 11.6. The van der Waals surface area contributed by atoms with Gasteiger partial charge in [0.05, 0.1) is 5.56 Å². The Balaban J connectivity index is 3.11. The highest BCUT2D eigenvalue weighted by Crippen LogP contribution is 2.29. The quantitative estimate of drug-likeness (QED) is 0.767. The minimum absolute atomic E-state index is 0.0197. The van der Waals surface area contributed by atoms with Gasteiger partial charge in [-0.3, -0.25) is 14.3 Å². The number of nitrogens with zero attached hydrogens (tertiary/aromatic N) is 2. The monoisotopic (exact) mass is 222 g/mol. The van der Waals surface area contributed by atoms with Gasteiger partial charge in [0.2, 0.25) is 0 Å². The molecule has 0 amide bonds. The molecule has 1 aromatic heterocycles. The number of hydrogen-bond acceptors (Lipinski definition) is 3. The lowest BCUT2D eigenvalue weighted by atomic mass is 10.3. The van der Waals surface area contributed by atoms with Crippen molar-refractivity contribution in [3.8, 4) is 0 Å². The van der Waals surface area contributed by atoms with Crippen molar-refractivity contribution in [1.29, 1.82) is 0 Å². The summed E-state index contributed by atoms with van der Waals surface area (Å²) in [6.45, 7) is -0.725. The summed E-state index contributed by atoms with van der Waals surface area (Å²) in [6, 6.07) is 0. The SMILES string of the molecule is O=Cc1cn(CC(=O)O)nc1C(F)(F)F.